The molecule has 0 bridgehead atoms. The fourth-order valence-electron chi connectivity index (χ4n) is 2.66. The van der Waals surface area contributed by atoms with Crippen molar-refractivity contribution in [3.05, 3.63) is 27.7 Å². The van der Waals surface area contributed by atoms with E-state index in [9.17, 15) is 9.59 Å². The Kier molecular flexibility index (Phi) is 6.54. The molecule has 3 N–H and O–H groups in total. The van der Waals surface area contributed by atoms with Gasteiger partial charge in [-0.2, -0.15) is 0 Å². The highest BCUT2D eigenvalue weighted by molar-refractivity contribution is 6.37. The number of ether oxygens (including phenoxy) is 1. The highest BCUT2D eigenvalue weighted by atomic mass is 35.5. The van der Waals surface area contributed by atoms with Gasteiger partial charge in [-0.05, 0) is 30.9 Å². The Balaban J connectivity index is 1.80. The monoisotopic (exact) mass is 358 g/mol. The molecule has 1 saturated carbocycles. The van der Waals surface area contributed by atoms with Gasteiger partial charge in [-0.25, -0.2) is 4.79 Å². The molecule has 2 rings (SSSR count). The standard InChI is InChI=1S/C16H20Cl2N2O3/c17-11-6-12(15(19)13(18)7-11)16(22)23-9-14(21)20-8-10-4-2-1-3-5-10/h6-7,10H,1-5,8-9,19H2,(H,20,21). The molecule has 1 aliphatic carbocycles. The van der Waals surface area contributed by atoms with Gasteiger partial charge in [0, 0.05) is 11.6 Å². The Morgan fingerprint density at radius 1 is 1.22 bits per heavy atom. The topological polar surface area (TPSA) is 81.4 Å². The largest absolute Gasteiger partial charge is 0.452 e. The molecule has 0 heterocycles. The number of rotatable bonds is 5. The second-order valence-electron chi connectivity index (χ2n) is 5.73. The highest BCUT2D eigenvalue weighted by Crippen LogP contribution is 2.28. The van der Waals surface area contributed by atoms with Crippen LogP contribution in [0.15, 0.2) is 12.1 Å². The molecular weight excluding hydrogens is 339 g/mol. The van der Waals surface area contributed by atoms with Crippen molar-refractivity contribution in [3.63, 3.8) is 0 Å². The Morgan fingerprint density at radius 2 is 1.91 bits per heavy atom. The number of benzene rings is 1. The summed E-state index contributed by atoms with van der Waals surface area (Å²) < 4.78 is 4.97. The van der Waals surface area contributed by atoms with Gasteiger partial charge in [-0.1, -0.05) is 42.5 Å². The van der Waals surface area contributed by atoms with Crippen molar-refractivity contribution in [1.29, 1.82) is 0 Å². The van der Waals surface area contributed by atoms with Crippen LogP contribution in [0.1, 0.15) is 42.5 Å². The molecule has 0 aliphatic heterocycles. The van der Waals surface area contributed by atoms with Crippen LogP contribution in [0.4, 0.5) is 5.69 Å². The molecule has 0 unspecified atom stereocenters. The van der Waals surface area contributed by atoms with Crippen LogP contribution in [0.3, 0.4) is 0 Å². The average molecular weight is 359 g/mol. The van der Waals surface area contributed by atoms with Crippen LogP contribution in [0.5, 0.6) is 0 Å². The van der Waals surface area contributed by atoms with Gasteiger partial charge in [0.05, 0.1) is 16.3 Å². The first-order valence-corrected chi connectivity index (χ1v) is 8.41. The molecule has 1 amide bonds. The van der Waals surface area contributed by atoms with Crippen molar-refractivity contribution in [3.8, 4) is 0 Å². The van der Waals surface area contributed by atoms with Gasteiger partial charge in [-0.3, -0.25) is 4.79 Å². The molecule has 1 aliphatic rings. The second kappa shape index (κ2) is 8.41. The van der Waals surface area contributed by atoms with Crippen LogP contribution in [-0.4, -0.2) is 25.0 Å². The lowest BCUT2D eigenvalue weighted by Crippen LogP contribution is -2.33. The van der Waals surface area contributed by atoms with Gasteiger partial charge >= 0.3 is 5.97 Å². The number of nitrogen functional groups attached to an aromatic ring is 1. The summed E-state index contributed by atoms with van der Waals surface area (Å²) in [7, 11) is 0. The van der Waals surface area contributed by atoms with E-state index in [1.165, 1.54) is 31.4 Å². The minimum Gasteiger partial charge on any atom is -0.452 e. The zero-order valence-corrected chi connectivity index (χ0v) is 14.3. The maximum Gasteiger partial charge on any atom is 0.340 e. The van der Waals surface area contributed by atoms with Gasteiger partial charge in [0.1, 0.15) is 0 Å². The van der Waals surface area contributed by atoms with Crippen molar-refractivity contribution in [1.82, 2.24) is 5.32 Å². The number of nitrogens with two attached hydrogens (primary N) is 1. The van der Waals surface area contributed by atoms with Crippen molar-refractivity contribution in [2.45, 2.75) is 32.1 Å². The fraction of sp³-hybridized carbons (Fsp3) is 0.500. The Bertz CT molecular complexity index is 587. The maximum absolute atomic E-state index is 12.0. The summed E-state index contributed by atoms with van der Waals surface area (Å²) in [5.41, 5.74) is 5.87. The zero-order chi connectivity index (χ0) is 16.8. The summed E-state index contributed by atoms with van der Waals surface area (Å²) in [5.74, 6) is -0.527. The Morgan fingerprint density at radius 3 is 2.61 bits per heavy atom. The normalized spacial score (nSPS) is 15.2. The SMILES string of the molecule is Nc1c(Cl)cc(Cl)cc1C(=O)OCC(=O)NCC1CCCCC1. The lowest BCUT2D eigenvalue weighted by molar-refractivity contribution is -0.124. The first-order chi connectivity index (χ1) is 11.0. The van der Waals surface area contributed by atoms with Gasteiger partial charge in [0.2, 0.25) is 0 Å². The Labute approximate surface area is 145 Å². The van der Waals surface area contributed by atoms with Crippen LogP contribution in [0.2, 0.25) is 10.0 Å². The summed E-state index contributed by atoms with van der Waals surface area (Å²) in [6.07, 6.45) is 5.97. The summed E-state index contributed by atoms with van der Waals surface area (Å²) in [6.45, 7) is 0.274. The minimum atomic E-state index is -0.722. The average Bonchev–Trinajstić information content (AvgIpc) is 2.55. The fourth-order valence-corrected chi connectivity index (χ4v) is 3.16. The molecule has 1 fully saturated rings. The van der Waals surface area contributed by atoms with Crippen molar-refractivity contribution >= 4 is 40.8 Å². The number of esters is 1. The molecule has 23 heavy (non-hydrogen) atoms. The molecule has 0 atom stereocenters. The van der Waals surface area contributed by atoms with Crippen molar-refractivity contribution < 1.29 is 14.3 Å². The zero-order valence-electron chi connectivity index (χ0n) is 12.7. The van der Waals surface area contributed by atoms with E-state index in [1.807, 2.05) is 0 Å². The molecule has 0 aromatic heterocycles. The molecule has 0 saturated heterocycles. The van der Waals surface area contributed by atoms with E-state index < -0.39 is 5.97 Å². The lowest BCUT2D eigenvalue weighted by atomic mass is 9.89. The number of hydrogen-bond acceptors (Lipinski definition) is 4. The number of carbonyl (C=O) groups excluding carboxylic acids is 2. The van der Waals surface area contributed by atoms with E-state index in [0.29, 0.717) is 12.5 Å². The third kappa shape index (κ3) is 5.29. The molecule has 1 aromatic rings. The van der Waals surface area contributed by atoms with Crippen LogP contribution in [0.25, 0.3) is 0 Å². The van der Waals surface area contributed by atoms with E-state index >= 15 is 0 Å². The number of carbonyl (C=O) groups is 2. The van der Waals surface area contributed by atoms with E-state index in [1.54, 1.807) is 0 Å². The molecule has 126 valence electrons. The number of nitrogens with one attached hydrogen (secondary N) is 1. The first kappa shape index (κ1) is 17.9. The number of halogens is 2. The predicted molar refractivity (Wildman–Crippen MR) is 90.7 cm³/mol. The number of hydrogen-bond donors (Lipinski definition) is 2. The van der Waals surface area contributed by atoms with Crippen LogP contribution < -0.4 is 11.1 Å². The smallest absolute Gasteiger partial charge is 0.340 e. The summed E-state index contributed by atoms with van der Waals surface area (Å²) in [5, 5.41) is 3.25. The first-order valence-electron chi connectivity index (χ1n) is 7.65. The van der Waals surface area contributed by atoms with Crippen LogP contribution >= 0.6 is 23.2 Å². The summed E-state index contributed by atoms with van der Waals surface area (Å²) in [4.78, 5) is 23.7. The van der Waals surface area contributed by atoms with E-state index in [2.05, 4.69) is 5.32 Å². The van der Waals surface area contributed by atoms with Gasteiger partial charge in [-0.15, -0.1) is 0 Å². The summed E-state index contributed by atoms with van der Waals surface area (Å²) in [6, 6.07) is 2.80. The van der Waals surface area contributed by atoms with Crippen LogP contribution in [-0.2, 0) is 9.53 Å². The van der Waals surface area contributed by atoms with Crippen molar-refractivity contribution in [2.75, 3.05) is 18.9 Å². The van der Waals surface area contributed by atoms with E-state index in [4.69, 9.17) is 33.7 Å². The minimum absolute atomic E-state index is 0.0579. The molecule has 0 spiro atoms. The second-order valence-corrected chi connectivity index (χ2v) is 6.58. The maximum atomic E-state index is 12.0. The van der Waals surface area contributed by atoms with Crippen molar-refractivity contribution in [2.24, 2.45) is 5.92 Å². The summed E-state index contributed by atoms with van der Waals surface area (Å²) >= 11 is 11.7. The van der Waals surface area contributed by atoms with Crippen LogP contribution in [0, 0.1) is 5.92 Å². The lowest BCUT2D eigenvalue weighted by Gasteiger charge is -2.21. The van der Waals surface area contributed by atoms with Gasteiger partial charge in [0.15, 0.2) is 6.61 Å². The Hall–Kier alpha value is -1.46. The van der Waals surface area contributed by atoms with E-state index in [-0.39, 0.29) is 33.8 Å². The molecule has 1 aromatic carbocycles. The number of amides is 1. The highest BCUT2D eigenvalue weighted by Gasteiger charge is 2.18. The van der Waals surface area contributed by atoms with Gasteiger partial charge < -0.3 is 15.8 Å². The number of anilines is 1. The third-order valence-corrected chi connectivity index (χ3v) is 4.49. The predicted octanol–water partition coefficient (Wildman–Crippen LogP) is 3.43. The van der Waals surface area contributed by atoms with E-state index in [0.717, 1.165) is 12.8 Å². The molecule has 5 nitrogen and oxygen atoms in total. The molecule has 7 heteroatoms. The molecule has 0 radical (unpaired) electrons. The van der Waals surface area contributed by atoms with Gasteiger partial charge in [0.25, 0.3) is 5.91 Å². The quantitative estimate of drug-likeness (QED) is 0.623. The molecular formula is C16H20Cl2N2O3. The third-order valence-electron chi connectivity index (χ3n) is 3.96.